The maximum absolute atomic E-state index is 10.2. The average molecular weight is 293 g/mol. The fourth-order valence-corrected chi connectivity index (χ4v) is 2.33. The van der Waals surface area contributed by atoms with Gasteiger partial charge in [-0.25, -0.2) is 0 Å². The van der Waals surface area contributed by atoms with Gasteiger partial charge in [-0.2, -0.15) is 0 Å². The fourth-order valence-electron chi connectivity index (χ4n) is 1.82. The molecule has 2 atom stereocenters. The minimum atomic E-state index is -0.874. The molecule has 0 aliphatic carbocycles. The summed E-state index contributed by atoms with van der Waals surface area (Å²) in [6, 6.07) is 3.16. The lowest BCUT2D eigenvalue weighted by atomic mass is 10.0. The highest BCUT2D eigenvalue weighted by Gasteiger charge is 2.27. The molecule has 2 unspecified atom stereocenters. The van der Waals surface area contributed by atoms with Crippen LogP contribution in [0.4, 0.5) is 0 Å². The van der Waals surface area contributed by atoms with Crippen LogP contribution >= 0.6 is 23.2 Å². The first-order chi connectivity index (χ1) is 8.63. The SMILES string of the molecule is COc1cc(Cl)c(C(O)C2COCCO2)cc1Cl. The molecular weight excluding hydrogens is 279 g/mol. The summed E-state index contributed by atoms with van der Waals surface area (Å²) >= 11 is 12.1. The second-order valence-corrected chi connectivity index (χ2v) is 4.75. The van der Waals surface area contributed by atoms with Gasteiger partial charge in [-0.3, -0.25) is 0 Å². The van der Waals surface area contributed by atoms with Crippen molar-refractivity contribution in [2.24, 2.45) is 0 Å². The monoisotopic (exact) mass is 292 g/mol. The minimum Gasteiger partial charge on any atom is -0.495 e. The Hall–Kier alpha value is -0.520. The standard InChI is InChI=1S/C12H14Cl2O4/c1-16-10-5-8(13)7(4-9(10)14)12(15)11-6-17-2-3-18-11/h4-5,11-12,15H,2-3,6H2,1H3. The Balaban J connectivity index is 2.23. The lowest BCUT2D eigenvalue weighted by molar-refractivity contribution is -0.133. The largest absolute Gasteiger partial charge is 0.495 e. The third kappa shape index (κ3) is 2.90. The molecule has 0 aromatic heterocycles. The Morgan fingerprint density at radius 3 is 2.72 bits per heavy atom. The zero-order chi connectivity index (χ0) is 13.1. The number of aliphatic hydroxyl groups excluding tert-OH is 1. The van der Waals surface area contributed by atoms with Gasteiger partial charge in [0.2, 0.25) is 0 Å². The summed E-state index contributed by atoms with van der Waals surface area (Å²) in [6.45, 7) is 1.34. The zero-order valence-corrected chi connectivity index (χ0v) is 11.4. The van der Waals surface area contributed by atoms with Crippen LogP contribution in [0.25, 0.3) is 0 Å². The molecule has 0 amide bonds. The number of benzene rings is 1. The molecule has 1 saturated heterocycles. The van der Waals surface area contributed by atoms with Gasteiger partial charge in [0.15, 0.2) is 0 Å². The summed E-state index contributed by atoms with van der Waals surface area (Å²) < 4.78 is 15.7. The smallest absolute Gasteiger partial charge is 0.138 e. The molecule has 18 heavy (non-hydrogen) atoms. The highest BCUT2D eigenvalue weighted by atomic mass is 35.5. The van der Waals surface area contributed by atoms with E-state index in [4.69, 9.17) is 37.4 Å². The summed E-state index contributed by atoms with van der Waals surface area (Å²) in [5.41, 5.74) is 0.512. The van der Waals surface area contributed by atoms with Crippen LogP contribution in [0.5, 0.6) is 5.75 Å². The second kappa shape index (κ2) is 6.08. The molecule has 1 fully saturated rings. The Kier molecular flexibility index (Phi) is 4.70. The molecule has 1 aromatic carbocycles. The summed E-state index contributed by atoms with van der Waals surface area (Å²) in [4.78, 5) is 0. The fraction of sp³-hybridized carbons (Fsp3) is 0.500. The van der Waals surface area contributed by atoms with E-state index in [-0.39, 0.29) is 0 Å². The van der Waals surface area contributed by atoms with Crippen molar-refractivity contribution >= 4 is 23.2 Å². The van der Waals surface area contributed by atoms with Crippen molar-refractivity contribution in [1.82, 2.24) is 0 Å². The van der Waals surface area contributed by atoms with E-state index in [2.05, 4.69) is 0 Å². The van der Waals surface area contributed by atoms with E-state index < -0.39 is 12.2 Å². The van der Waals surface area contributed by atoms with Crippen LogP contribution in [0.1, 0.15) is 11.7 Å². The molecule has 1 heterocycles. The average Bonchev–Trinajstić information content (AvgIpc) is 2.41. The quantitative estimate of drug-likeness (QED) is 0.930. The number of hydrogen-bond donors (Lipinski definition) is 1. The summed E-state index contributed by atoms with van der Waals surface area (Å²) in [7, 11) is 1.51. The molecule has 1 aromatic rings. The van der Waals surface area contributed by atoms with E-state index in [9.17, 15) is 5.11 Å². The van der Waals surface area contributed by atoms with Crippen LogP contribution in [0.3, 0.4) is 0 Å². The number of hydrogen-bond acceptors (Lipinski definition) is 4. The Bertz CT molecular complexity index is 419. The van der Waals surface area contributed by atoms with E-state index >= 15 is 0 Å². The van der Waals surface area contributed by atoms with Crippen molar-refractivity contribution in [3.05, 3.63) is 27.7 Å². The number of halogens is 2. The highest BCUT2D eigenvalue weighted by molar-refractivity contribution is 6.34. The van der Waals surface area contributed by atoms with Gasteiger partial charge in [0, 0.05) is 11.6 Å². The first-order valence-corrected chi connectivity index (χ1v) is 6.29. The molecule has 6 heteroatoms. The van der Waals surface area contributed by atoms with Gasteiger partial charge in [0.1, 0.15) is 18.0 Å². The third-order valence-corrected chi connectivity index (χ3v) is 3.41. The molecule has 1 N–H and O–H groups in total. The molecule has 0 radical (unpaired) electrons. The number of methoxy groups -OCH3 is 1. The lowest BCUT2D eigenvalue weighted by Gasteiger charge is -2.28. The van der Waals surface area contributed by atoms with Gasteiger partial charge >= 0.3 is 0 Å². The van der Waals surface area contributed by atoms with E-state index in [0.29, 0.717) is 41.2 Å². The van der Waals surface area contributed by atoms with E-state index in [1.54, 1.807) is 12.1 Å². The Morgan fingerprint density at radius 2 is 2.11 bits per heavy atom. The van der Waals surface area contributed by atoms with Crippen molar-refractivity contribution in [2.75, 3.05) is 26.9 Å². The zero-order valence-electron chi connectivity index (χ0n) is 9.86. The Labute approximate surface area is 115 Å². The molecule has 1 aliphatic heterocycles. The first-order valence-electron chi connectivity index (χ1n) is 5.54. The maximum Gasteiger partial charge on any atom is 0.138 e. The number of rotatable bonds is 3. The summed E-state index contributed by atoms with van der Waals surface area (Å²) in [5, 5.41) is 11.0. The maximum atomic E-state index is 10.2. The van der Waals surface area contributed by atoms with Crippen molar-refractivity contribution in [3.63, 3.8) is 0 Å². The van der Waals surface area contributed by atoms with Crippen LogP contribution in [0.15, 0.2) is 12.1 Å². The molecule has 0 saturated carbocycles. The molecule has 2 rings (SSSR count). The predicted octanol–water partition coefficient (Wildman–Crippen LogP) is 2.45. The van der Waals surface area contributed by atoms with Crippen molar-refractivity contribution < 1.29 is 19.3 Å². The van der Waals surface area contributed by atoms with Gasteiger partial charge in [-0.1, -0.05) is 23.2 Å². The van der Waals surface area contributed by atoms with Crippen LogP contribution in [-0.4, -0.2) is 38.1 Å². The Morgan fingerprint density at radius 1 is 1.33 bits per heavy atom. The van der Waals surface area contributed by atoms with E-state index in [1.807, 2.05) is 0 Å². The van der Waals surface area contributed by atoms with Crippen LogP contribution in [0, 0.1) is 0 Å². The van der Waals surface area contributed by atoms with Crippen molar-refractivity contribution in [2.45, 2.75) is 12.2 Å². The van der Waals surface area contributed by atoms with Gasteiger partial charge in [-0.05, 0) is 6.07 Å². The highest BCUT2D eigenvalue weighted by Crippen LogP contribution is 2.35. The topological polar surface area (TPSA) is 47.9 Å². The normalized spacial score (nSPS) is 21.7. The third-order valence-electron chi connectivity index (χ3n) is 2.78. The number of ether oxygens (including phenoxy) is 3. The molecule has 1 aliphatic rings. The first kappa shape index (κ1) is 13.9. The molecule has 0 bridgehead atoms. The molecule has 0 spiro atoms. The predicted molar refractivity (Wildman–Crippen MR) is 68.5 cm³/mol. The van der Waals surface area contributed by atoms with Crippen molar-refractivity contribution in [3.8, 4) is 5.75 Å². The molecule has 100 valence electrons. The van der Waals surface area contributed by atoms with Crippen LogP contribution < -0.4 is 4.74 Å². The molecular formula is C12H14Cl2O4. The van der Waals surface area contributed by atoms with Crippen molar-refractivity contribution in [1.29, 1.82) is 0 Å². The van der Waals surface area contributed by atoms with Gasteiger partial charge in [0.05, 0.1) is 37.0 Å². The summed E-state index contributed by atoms with van der Waals surface area (Å²) in [6.07, 6.45) is -1.30. The van der Waals surface area contributed by atoms with Gasteiger partial charge in [-0.15, -0.1) is 0 Å². The number of aliphatic hydroxyl groups is 1. The van der Waals surface area contributed by atoms with Gasteiger partial charge < -0.3 is 19.3 Å². The van der Waals surface area contributed by atoms with E-state index in [0.717, 1.165) is 0 Å². The lowest BCUT2D eigenvalue weighted by Crippen LogP contribution is -2.33. The second-order valence-electron chi connectivity index (χ2n) is 3.94. The van der Waals surface area contributed by atoms with E-state index in [1.165, 1.54) is 7.11 Å². The summed E-state index contributed by atoms with van der Waals surface area (Å²) in [5.74, 6) is 0.471. The van der Waals surface area contributed by atoms with Crippen LogP contribution in [0.2, 0.25) is 10.0 Å². The van der Waals surface area contributed by atoms with Crippen LogP contribution in [-0.2, 0) is 9.47 Å². The molecule has 4 nitrogen and oxygen atoms in total. The minimum absolute atomic E-state index is 0.334. The van der Waals surface area contributed by atoms with Gasteiger partial charge in [0.25, 0.3) is 0 Å².